The van der Waals surface area contributed by atoms with E-state index in [1.165, 1.54) is 25.3 Å². The molecule has 1 aromatic carbocycles. The average Bonchev–Trinajstić information content (AvgIpc) is 2.32. The van der Waals surface area contributed by atoms with Crippen LogP contribution in [0.2, 0.25) is 0 Å². The molecule has 0 heterocycles. The van der Waals surface area contributed by atoms with Gasteiger partial charge in [-0.1, -0.05) is 35.8 Å². The maximum atomic E-state index is 13.1. The highest BCUT2D eigenvalue weighted by molar-refractivity contribution is 9.10. The van der Waals surface area contributed by atoms with Gasteiger partial charge in [-0.05, 0) is 55.7 Å². The number of halogens is 2. The van der Waals surface area contributed by atoms with Crippen LogP contribution in [-0.4, -0.2) is 6.04 Å². The molecule has 1 N–H and O–H groups in total. The molecule has 1 aliphatic rings. The summed E-state index contributed by atoms with van der Waals surface area (Å²) < 4.78 is 14.0. The Morgan fingerprint density at radius 3 is 2.68 bits per heavy atom. The van der Waals surface area contributed by atoms with Crippen molar-refractivity contribution in [3.8, 4) is 0 Å². The summed E-state index contributed by atoms with van der Waals surface area (Å²) >= 11 is 3.46. The Kier molecular flexibility index (Phi) is 5.02. The average molecular weight is 328 g/mol. The summed E-state index contributed by atoms with van der Waals surface area (Å²) in [6.45, 7) is 6.83. The van der Waals surface area contributed by atoms with Crippen molar-refractivity contribution in [2.24, 2.45) is 11.8 Å². The van der Waals surface area contributed by atoms with Crippen LogP contribution in [-0.2, 0) is 0 Å². The normalized spacial score (nSPS) is 29.2. The highest BCUT2D eigenvalue weighted by Crippen LogP contribution is 2.31. The van der Waals surface area contributed by atoms with Gasteiger partial charge in [-0.15, -0.1) is 0 Å². The summed E-state index contributed by atoms with van der Waals surface area (Å²) in [7, 11) is 0. The molecule has 0 bridgehead atoms. The van der Waals surface area contributed by atoms with E-state index in [9.17, 15) is 4.39 Å². The van der Waals surface area contributed by atoms with Crippen LogP contribution >= 0.6 is 15.9 Å². The van der Waals surface area contributed by atoms with Crippen molar-refractivity contribution in [1.82, 2.24) is 5.32 Å². The molecule has 1 saturated carbocycles. The zero-order chi connectivity index (χ0) is 14.0. The van der Waals surface area contributed by atoms with Gasteiger partial charge < -0.3 is 5.32 Å². The quantitative estimate of drug-likeness (QED) is 0.817. The van der Waals surface area contributed by atoms with E-state index in [0.29, 0.717) is 12.0 Å². The molecule has 0 radical (unpaired) electrons. The van der Waals surface area contributed by atoms with Gasteiger partial charge >= 0.3 is 0 Å². The van der Waals surface area contributed by atoms with E-state index in [1.54, 1.807) is 6.07 Å². The molecule has 1 fully saturated rings. The third-order valence-corrected chi connectivity index (χ3v) is 5.01. The molecule has 1 nitrogen and oxygen atoms in total. The van der Waals surface area contributed by atoms with Crippen LogP contribution in [0.1, 0.15) is 51.6 Å². The van der Waals surface area contributed by atoms with Crippen LogP contribution in [0.4, 0.5) is 4.39 Å². The van der Waals surface area contributed by atoms with E-state index in [-0.39, 0.29) is 11.9 Å². The van der Waals surface area contributed by atoms with Gasteiger partial charge in [-0.3, -0.25) is 0 Å². The molecular formula is C16H23BrFN. The van der Waals surface area contributed by atoms with E-state index in [0.717, 1.165) is 16.0 Å². The predicted octanol–water partition coefficient (Wildman–Crippen LogP) is 5.06. The Morgan fingerprint density at radius 1 is 1.32 bits per heavy atom. The summed E-state index contributed by atoms with van der Waals surface area (Å²) in [6.07, 6.45) is 3.85. The molecule has 0 saturated heterocycles. The monoisotopic (exact) mass is 327 g/mol. The fourth-order valence-electron chi connectivity index (χ4n) is 3.18. The zero-order valence-corrected chi connectivity index (χ0v) is 13.5. The highest BCUT2D eigenvalue weighted by atomic mass is 79.9. The highest BCUT2D eigenvalue weighted by Gasteiger charge is 2.26. The molecular weight excluding hydrogens is 305 g/mol. The van der Waals surface area contributed by atoms with Gasteiger partial charge in [0.05, 0.1) is 0 Å². The van der Waals surface area contributed by atoms with Gasteiger partial charge in [0.2, 0.25) is 0 Å². The van der Waals surface area contributed by atoms with E-state index >= 15 is 0 Å². The maximum Gasteiger partial charge on any atom is 0.124 e. The van der Waals surface area contributed by atoms with Gasteiger partial charge in [0.25, 0.3) is 0 Å². The Labute approximate surface area is 124 Å². The molecule has 4 unspecified atom stereocenters. The second kappa shape index (κ2) is 6.36. The summed E-state index contributed by atoms with van der Waals surface area (Å²) in [6, 6.07) is 5.76. The molecule has 0 amide bonds. The minimum atomic E-state index is -0.192. The van der Waals surface area contributed by atoms with Crippen LogP contribution < -0.4 is 5.32 Å². The van der Waals surface area contributed by atoms with Crippen molar-refractivity contribution in [2.45, 2.75) is 52.1 Å². The van der Waals surface area contributed by atoms with Crippen molar-refractivity contribution in [3.05, 3.63) is 34.1 Å². The van der Waals surface area contributed by atoms with E-state index in [2.05, 4.69) is 42.0 Å². The van der Waals surface area contributed by atoms with E-state index < -0.39 is 0 Å². The topological polar surface area (TPSA) is 12.0 Å². The van der Waals surface area contributed by atoms with Gasteiger partial charge in [0.1, 0.15) is 5.82 Å². The molecule has 19 heavy (non-hydrogen) atoms. The Bertz CT molecular complexity index is 435. The fourth-order valence-corrected chi connectivity index (χ4v) is 3.87. The van der Waals surface area contributed by atoms with Crippen molar-refractivity contribution < 1.29 is 4.39 Å². The molecule has 1 aromatic rings. The fraction of sp³-hybridized carbons (Fsp3) is 0.625. The van der Waals surface area contributed by atoms with Gasteiger partial charge in [0, 0.05) is 16.6 Å². The molecule has 0 aromatic heterocycles. The Balaban J connectivity index is 2.02. The predicted molar refractivity (Wildman–Crippen MR) is 81.6 cm³/mol. The maximum absolute atomic E-state index is 13.1. The molecule has 0 spiro atoms. The van der Waals surface area contributed by atoms with Crippen molar-refractivity contribution in [2.75, 3.05) is 0 Å². The van der Waals surface area contributed by atoms with E-state index in [1.807, 2.05) is 6.07 Å². The summed E-state index contributed by atoms with van der Waals surface area (Å²) in [5.41, 5.74) is 1.13. The van der Waals surface area contributed by atoms with Crippen LogP contribution in [0.5, 0.6) is 0 Å². The minimum Gasteiger partial charge on any atom is -0.307 e. The SMILES string of the molecule is CC1CCC(NC(C)c2ccc(F)cc2Br)C(C)C1. The van der Waals surface area contributed by atoms with Crippen molar-refractivity contribution in [3.63, 3.8) is 0 Å². The number of hydrogen-bond donors (Lipinski definition) is 1. The first kappa shape index (κ1) is 15.0. The lowest BCUT2D eigenvalue weighted by molar-refractivity contribution is 0.216. The van der Waals surface area contributed by atoms with Crippen LogP contribution in [0.3, 0.4) is 0 Å². The molecule has 106 valence electrons. The third kappa shape index (κ3) is 3.79. The van der Waals surface area contributed by atoms with Gasteiger partial charge in [0.15, 0.2) is 0 Å². The molecule has 0 aliphatic heterocycles. The summed E-state index contributed by atoms with van der Waals surface area (Å²) in [5.74, 6) is 1.37. The number of benzene rings is 1. The van der Waals surface area contributed by atoms with Gasteiger partial charge in [-0.2, -0.15) is 0 Å². The molecule has 3 heteroatoms. The van der Waals surface area contributed by atoms with Gasteiger partial charge in [-0.25, -0.2) is 4.39 Å². The van der Waals surface area contributed by atoms with Crippen LogP contribution in [0, 0.1) is 17.7 Å². The third-order valence-electron chi connectivity index (χ3n) is 4.32. The second-order valence-corrected chi connectivity index (χ2v) is 6.91. The van der Waals surface area contributed by atoms with Crippen LogP contribution in [0.15, 0.2) is 22.7 Å². The van der Waals surface area contributed by atoms with E-state index in [4.69, 9.17) is 0 Å². The largest absolute Gasteiger partial charge is 0.307 e. The van der Waals surface area contributed by atoms with Crippen molar-refractivity contribution >= 4 is 15.9 Å². The lowest BCUT2D eigenvalue weighted by Crippen LogP contribution is -2.40. The first-order valence-corrected chi connectivity index (χ1v) is 7.97. The minimum absolute atomic E-state index is 0.192. The first-order valence-electron chi connectivity index (χ1n) is 7.18. The standard InChI is InChI=1S/C16H23BrFN/c1-10-4-7-16(11(2)8-10)19-12(3)14-6-5-13(18)9-15(14)17/h5-6,9-12,16,19H,4,7-8H2,1-3H3. The number of rotatable bonds is 3. The Morgan fingerprint density at radius 2 is 2.05 bits per heavy atom. The smallest absolute Gasteiger partial charge is 0.124 e. The number of hydrogen-bond acceptors (Lipinski definition) is 1. The lowest BCUT2D eigenvalue weighted by atomic mass is 9.79. The summed E-state index contributed by atoms with van der Waals surface area (Å²) in [5, 5.41) is 3.71. The first-order chi connectivity index (χ1) is 8.97. The van der Waals surface area contributed by atoms with Crippen LogP contribution in [0.25, 0.3) is 0 Å². The molecule has 2 rings (SSSR count). The van der Waals surface area contributed by atoms with Crippen molar-refractivity contribution in [1.29, 1.82) is 0 Å². The zero-order valence-electron chi connectivity index (χ0n) is 11.9. The molecule has 1 aliphatic carbocycles. The second-order valence-electron chi connectivity index (χ2n) is 6.06. The molecule has 4 atom stereocenters. The summed E-state index contributed by atoms with van der Waals surface area (Å²) in [4.78, 5) is 0. The Hall–Kier alpha value is -0.410. The number of nitrogens with one attached hydrogen (secondary N) is 1. The lowest BCUT2D eigenvalue weighted by Gasteiger charge is -2.35.